The normalized spacial score (nSPS) is 17.7. The average molecular weight is 472 g/mol. The number of ketones is 1. The minimum absolute atomic E-state index is 0.0380. The number of amides is 1. The van der Waals surface area contributed by atoms with Crippen LogP contribution in [0.3, 0.4) is 0 Å². The molecule has 3 rings (SSSR count). The van der Waals surface area contributed by atoms with Crippen molar-refractivity contribution >= 4 is 29.1 Å². The number of likely N-dealkylation sites (tertiary alicyclic amines) is 1. The molecule has 176 valence electrons. The Morgan fingerprint density at radius 1 is 1.21 bits per heavy atom. The Balaban J connectivity index is 2.01. The molecule has 2 heterocycles. The van der Waals surface area contributed by atoms with E-state index in [2.05, 4.69) is 23.7 Å². The van der Waals surface area contributed by atoms with Gasteiger partial charge in [-0.25, -0.2) is 0 Å². The van der Waals surface area contributed by atoms with Crippen LogP contribution in [0.4, 0.5) is 0 Å². The maximum absolute atomic E-state index is 13.1. The highest BCUT2D eigenvalue weighted by atomic mass is 35.5. The SMILES string of the molecule is CCOc1ccc(/C(O)=C2/C(=O)C(=O)N(CCCN(CC)CC)C2c2cccnc2)cc1Cl. The molecule has 1 aliphatic rings. The topological polar surface area (TPSA) is 83.0 Å². The molecular weight excluding hydrogens is 442 g/mol. The van der Waals surface area contributed by atoms with Crippen LogP contribution in [0.1, 0.15) is 44.4 Å². The summed E-state index contributed by atoms with van der Waals surface area (Å²) in [5.74, 6) is -1.12. The number of aromatic nitrogens is 1. The lowest BCUT2D eigenvalue weighted by Crippen LogP contribution is -2.33. The zero-order chi connectivity index (χ0) is 24.0. The number of nitrogens with zero attached hydrogens (tertiary/aromatic N) is 3. The van der Waals surface area contributed by atoms with Gasteiger partial charge in [-0.05, 0) is 62.8 Å². The van der Waals surface area contributed by atoms with Crippen LogP contribution in [-0.4, -0.2) is 64.4 Å². The van der Waals surface area contributed by atoms with Gasteiger partial charge in [-0.1, -0.05) is 31.5 Å². The number of ether oxygens (including phenoxy) is 1. The molecular formula is C25H30ClN3O4. The van der Waals surface area contributed by atoms with E-state index in [9.17, 15) is 14.7 Å². The Morgan fingerprint density at radius 2 is 1.97 bits per heavy atom. The summed E-state index contributed by atoms with van der Waals surface area (Å²) in [6.07, 6.45) is 3.95. The summed E-state index contributed by atoms with van der Waals surface area (Å²) in [6.45, 7) is 9.51. The summed E-state index contributed by atoms with van der Waals surface area (Å²) in [6, 6.07) is 7.63. The fraction of sp³-hybridized carbons (Fsp3) is 0.400. The van der Waals surface area contributed by atoms with Gasteiger partial charge in [0.2, 0.25) is 0 Å². The molecule has 1 aromatic carbocycles. The van der Waals surface area contributed by atoms with Crippen LogP contribution in [0, 0.1) is 0 Å². The minimum atomic E-state index is -0.722. The summed E-state index contributed by atoms with van der Waals surface area (Å²) in [7, 11) is 0. The maximum Gasteiger partial charge on any atom is 0.295 e. The van der Waals surface area contributed by atoms with E-state index in [0.29, 0.717) is 41.5 Å². The minimum Gasteiger partial charge on any atom is -0.507 e. The number of aliphatic hydroxyl groups is 1. The summed E-state index contributed by atoms with van der Waals surface area (Å²) >= 11 is 6.30. The number of hydrogen-bond donors (Lipinski definition) is 1. The number of Topliss-reactive ketones (excluding diaryl/α,β-unsaturated/α-hetero) is 1. The molecule has 2 aromatic rings. The van der Waals surface area contributed by atoms with Gasteiger partial charge in [-0.3, -0.25) is 14.6 Å². The fourth-order valence-electron chi connectivity index (χ4n) is 4.08. The first kappa shape index (κ1) is 24.7. The highest BCUT2D eigenvalue weighted by Gasteiger charge is 2.45. The first-order chi connectivity index (χ1) is 15.9. The monoisotopic (exact) mass is 471 g/mol. The maximum atomic E-state index is 13.1. The van der Waals surface area contributed by atoms with Crippen molar-refractivity contribution in [1.29, 1.82) is 0 Å². The lowest BCUT2D eigenvalue weighted by atomic mass is 9.96. The molecule has 0 radical (unpaired) electrons. The van der Waals surface area contributed by atoms with Crippen molar-refractivity contribution < 1.29 is 19.4 Å². The van der Waals surface area contributed by atoms with Crippen molar-refractivity contribution in [3.63, 3.8) is 0 Å². The van der Waals surface area contributed by atoms with Crippen molar-refractivity contribution in [3.8, 4) is 5.75 Å². The van der Waals surface area contributed by atoms with Crippen LogP contribution in [-0.2, 0) is 9.59 Å². The predicted molar refractivity (Wildman–Crippen MR) is 128 cm³/mol. The van der Waals surface area contributed by atoms with E-state index in [4.69, 9.17) is 16.3 Å². The van der Waals surface area contributed by atoms with Gasteiger partial charge < -0.3 is 19.6 Å². The quantitative estimate of drug-likeness (QED) is 0.316. The smallest absolute Gasteiger partial charge is 0.295 e. The molecule has 1 aliphatic heterocycles. The van der Waals surface area contributed by atoms with Crippen molar-refractivity contribution in [2.75, 3.05) is 32.8 Å². The summed E-state index contributed by atoms with van der Waals surface area (Å²) < 4.78 is 5.45. The molecule has 7 nitrogen and oxygen atoms in total. The van der Waals surface area contributed by atoms with E-state index in [0.717, 1.165) is 19.6 Å². The van der Waals surface area contributed by atoms with Gasteiger partial charge in [0.15, 0.2) is 0 Å². The third-order valence-electron chi connectivity index (χ3n) is 5.81. The van der Waals surface area contributed by atoms with Crippen LogP contribution < -0.4 is 4.74 Å². The van der Waals surface area contributed by atoms with Gasteiger partial charge in [-0.15, -0.1) is 0 Å². The fourth-order valence-corrected chi connectivity index (χ4v) is 4.31. The highest BCUT2D eigenvalue weighted by Crippen LogP contribution is 2.40. The molecule has 8 heteroatoms. The Hall–Kier alpha value is -2.90. The lowest BCUT2D eigenvalue weighted by molar-refractivity contribution is -0.140. The number of carbonyl (C=O) groups is 2. The van der Waals surface area contributed by atoms with Crippen molar-refractivity contribution in [2.24, 2.45) is 0 Å². The van der Waals surface area contributed by atoms with Crippen LogP contribution in [0.2, 0.25) is 5.02 Å². The molecule has 1 saturated heterocycles. The standard InChI is InChI=1S/C25H30ClN3O4/c1-4-28(5-2)13-8-14-29-22(18-9-7-12-27-16-18)21(24(31)25(29)32)23(30)17-10-11-20(33-6-3)19(26)15-17/h7,9-12,15-16,22,30H,4-6,8,13-14H2,1-3H3/b23-21-. The van der Waals surface area contributed by atoms with E-state index in [1.54, 1.807) is 36.7 Å². The number of benzene rings is 1. The molecule has 0 saturated carbocycles. The highest BCUT2D eigenvalue weighted by molar-refractivity contribution is 6.46. The van der Waals surface area contributed by atoms with Crippen molar-refractivity contribution in [2.45, 2.75) is 33.2 Å². The van der Waals surface area contributed by atoms with Crippen LogP contribution in [0.5, 0.6) is 5.75 Å². The number of carbonyl (C=O) groups excluding carboxylic acids is 2. The van der Waals surface area contributed by atoms with Gasteiger partial charge in [0.25, 0.3) is 11.7 Å². The van der Waals surface area contributed by atoms with Crippen LogP contribution in [0.25, 0.3) is 5.76 Å². The summed E-state index contributed by atoms with van der Waals surface area (Å²) in [5, 5.41) is 11.5. The number of rotatable bonds is 10. The molecule has 0 bridgehead atoms. The van der Waals surface area contributed by atoms with Crippen LogP contribution in [0.15, 0.2) is 48.3 Å². The van der Waals surface area contributed by atoms with E-state index in [1.807, 2.05) is 6.92 Å². The molecule has 1 amide bonds. The van der Waals surface area contributed by atoms with E-state index < -0.39 is 17.7 Å². The second-order valence-electron chi connectivity index (χ2n) is 7.74. The van der Waals surface area contributed by atoms with Gasteiger partial charge >= 0.3 is 0 Å². The zero-order valence-corrected chi connectivity index (χ0v) is 20.0. The molecule has 0 aliphatic carbocycles. The first-order valence-corrected chi connectivity index (χ1v) is 11.6. The Bertz CT molecular complexity index is 1020. The Morgan fingerprint density at radius 3 is 2.58 bits per heavy atom. The average Bonchev–Trinajstić information content (AvgIpc) is 3.08. The number of hydrogen-bond acceptors (Lipinski definition) is 6. The number of pyridine rings is 1. The molecule has 1 N–H and O–H groups in total. The summed E-state index contributed by atoms with van der Waals surface area (Å²) in [4.78, 5) is 34.0. The Labute approximate surface area is 199 Å². The van der Waals surface area contributed by atoms with E-state index in [1.165, 1.54) is 11.0 Å². The first-order valence-electron chi connectivity index (χ1n) is 11.3. The largest absolute Gasteiger partial charge is 0.507 e. The van der Waals surface area contributed by atoms with Gasteiger partial charge in [-0.2, -0.15) is 0 Å². The van der Waals surface area contributed by atoms with Crippen LogP contribution >= 0.6 is 11.6 Å². The van der Waals surface area contributed by atoms with Crippen molar-refractivity contribution in [3.05, 3.63) is 64.4 Å². The second-order valence-corrected chi connectivity index (χ2v) is 8.14. The molecule has 1 atom stereocenters. The molecule has 1 fully saturated rings. The third-order valence-corrected chi connectivity index (χ3v) is 6.11. The van der Waals surface area contributed by atoms with Crippen molar-refractivity contribution in [1.82, 2.24) is 14.8 Å². The number of halogens is 1. The van der Waals surface area contributed by atoms with Gasteiger partial charge in [0, 0.05) is 24.5 Å². The zero-order valence-electron chi connectivity index (χ0n) is 19.3. The Kier molecular flexibility index (Phi) is 8.47. The predicted octanol–water partition coefficient (Wildman–Crippen LogP) is 4.29. The summed E-state index contributed by atoms with van der Waals surface area (Å²) in [5.41, 5.74) is 1.05. The van der Waals surface area contributed by atoms with E-state index >= 15 is 0 Å². The number of aliphatic hydroxyl groups excluding tert-OH is 1. The van der Waals surface area contributed by atoms with Gasteiger partial charge in [0.05, 0.1) is 23.2 Å². The lowest BCUT2D eigenvalue weighted by Gasteiger charge is -2.26. The molecule has 0 spiro atoms. The van der Waals surface area contributed by atoms with Gasteiger partial charge in [0.1, 0.15) is 11.5 Å². The second kappa shape index (κ2) is 11.3. The molecule has 33 heavy (non-hydrogen) atoms. The molecule has 1 unspecified atom stereocenters. The molecule has 1 aromatic heterocycles. The third kappa shape index (κ3) is 5.37. The van der Waals surface area contributed by atoms with E-state index in [-0.39, 0.29) is 11.3 Å².